The molecule has 0 spiro atoms. The van der Waals surface area contributed by atoms with E-state index in [0.717, 1.165) is 5.69 Å². The molecule has 0 unspecified atom stereocenters. The maximum atomic E-state index is 12.7. The number of hydrogen-bond donors (Lipinski definition) is 0. The van der Waals surface area contributed by atoms with Gasteiger partial charge in [-0.2, -0.15) is 0 Å². The normalized spacial score (nSPS) is 15.2. The molecule has 0 atom stereocenters. The van der Waals surface area contributed by atoms with Crippen molar-refractivity contribution in [2.45, 2.75) is 19.8 Å². The van der Waals surface area contributed by atoms with Crippen LogP contribution in [0.3, 0.4) is 0 Å². The second-order valence-corrected chi connectivity index (χ2v) is 5.72. The monoisotopic (exact) mass is 320 g/mol. The van der Waals surface area contributed by atoms with Crippen LogP contribution in [0.4, 0.5) is 5.69 Å². The molecule has 2 rings (SSSR count). The highest BCUT2D eigenvalue weighted by Crippen LogP contribution is 2.32. The molecule has 0 aliphatic carbocycles. The average molecular weight is 320 g/mol. The molecule has 0 radical (unpaired) electrons. The molecule has 0 bridgehead atoms. The van der Waals surface area contributed by atoms with E-state index in [0.29, 0.717) is 37.4 Å². The maximum absolute atomic E-state index is 12.7. The molecule has 1 heterocycles. The topological polar surface area (TPSA) is 59.1 Å². The van der Waals surface area contributed by atoms with Gasteiger partial charge in [0.25, 0.3) is 0 Å². The Bertz CT molecular complexity index is 580. The van der Waals surface area contributed by atoms with Crippen molar-refractivity contribution in [2.75, 3.05) is 39.3 Å². The van der Waals surface area contributed by atoms with Gasteiger partial charge in [0.2, 0.25) is 11.8 Å². The van der Waals surface area contributed by atoms with E-state index >= 15 is 0 Å². The number of nitrogens with zero attached hydrogens (tertiary/aromatic N) is 2. The molecule has 6 nitrogen and oxygen atoms in total. The van der Waals surface area contributed by atoms with Crippen molar-refractivity contribution >= 4 is 17.5 Å². The summed E-state index contributed by atoms with van der Waals surface area (Å²) >= 11 is 0. The van der Waals surface area contributed by atoms with Crippen LogP contribution in [-0.4, -0.2) is 51.1 Å². The quantitative estimate of drug-likeness (QED) is 0.850. The van der Waals surface area contributed by atoms with E-state index in [-0.39, 0.29) is 17.7 Å². The van der Waals surface area contributed by atoms with E-state index in [4.69, 9.17) is 9.47 Å². The summed E-state index contributed by atoms with van der Waals surface area (Å²) in [6.45, 7) is 2.86. The van der Waals surface area contributed by atoms with E-state index < -0.39 is 0 Å². The summed E-state index contributed by atoms with van der Waals surface area (Å²) in [5.74, 6) is 1.32. The third-order valence-corrected chi connectivity index (χ3v) is 4.37. The molecule has 1 aliphatic heterocycles. The van der Waals surface area contributed by atoms with E-state index in [2.05, 4.69) is 0 Å². The van der Waals surface area contributed by atoms with Crippen LogP contribution in [0, 0.1) is 5.92 Å². The number of anilines is 1. The van der Waals surface area contributed by atoms with Crippen LogP contribution in [0.1, 0.15) is 19.8 Å². The molecular weight excluding hydrogens is 296 g/mol. The summed E-state index contributed by atoms with van der Waals surface area (Å²) in [6, 6.07) is 5.42. The van der Waals surface area contributed by atoms with E-state index in [9.17, 15) is 9.59 Å². The van der Waals surface area contributed by atoms with Crippen LogP contribution in [0.25, 0.3) is 0 Å². The summed E-state index contributed by atoms with van der Waals surface area (Å²) in [5.41, 5.74) is 0.765. The highest BCUT2D eigenvalue weighted by molar-refractivity contribution is 5.95. The van der Waals surface area contributed by atoms with Gasteiger partial charge in [-0.3, -0.25) is 9.59 Å². The summed E-state index contributed by atoms with van der Waals surface area (Å²) in [4.78, 5) is 27.5. The Labute approximate surface area is 137 Å². The number of piperidine rings is 1. The van der Waals surface area contributed by atoms with E-state index in [1.54, 1.807) is 50.1 Å². The van der Waals surface area contributed by atoms with Gasteiger partial charge in [-0.15, -0.1) is 0 Å². The third kappa shape index (κ3) is 3.75. The van der Waals surface area contributed by atoms with Crippen LogP contribution < -0.4 is 14.4 Å². The van der Waals surface area contributed by atoms with Crippen molar-refractivity contribution in [3.05, 3.63) is 18.2 Å². The molecule has 126 valence electrons. The lowest BCUT2D eigenvalue weighted by molar-refractivity contribution is -0.133. The molecule has 23 heavy (non-hydrogen) atoms. The average Bonchev–Trinajstić information content (AvgIpc) is 2.59. The predicted octanol–water partition coefficient (Wildman–Crippen LogP) is 1.93. The molecule has 0 N–H and O–H groups in total. The number of amides is 2. The Kier molecular flexibility index (Phi) is 5.47. The van der Waals surface area contributed by atoms with Crippen molar-refractivity contribution in [3.63, 3.8) is 0 Å². The first-order chi connectivity index (χ1) is 11.0. The molecule has 1 aromatic rings. The molecule has 1 saturated heterocycles. The van der Waals surface area contributed by atoms with Gasteiger partial charge in [0, 0.05) is 44.7 Å². The molecule has 2 amide bonds. The van der Waals surface area contributed by atoms with Crippen LogP contribution in [0.15, 0.2) is 18.2 Å². The zero-order valence-corrected chi connectivity index (χ0v) is 14.2. The number of rotatable bonds is 4. The fourth-order valence-electron chi connectivity index (χ4n) is 2.88. The number of ether oxygens (including phenoxy) is 2. The van der Waals surface area contributed by atoms with Crippen molar-refractivity contribution in [3.8, 4) is 11.5 Å². The molecule has 1 aromatic carbocycles. The van der Waals surface area contributed by atoms with Gasteiger partial charge in [0.05, 0.1) is 14.2 Å². The number of methoxy groups -OCH3 is 2. The molecule has 6 heteroatoms. The third-order valence-electron chi connectivity index (χ3n) is 4.37. The van der Waals surface area contributed by atoms with E-state index in [1.807, 2.05) is 6.07 Å². The van der Waals surface area contributed by atoms with Gasteiger partial charge in [-0.25, -0.2) is 0 Å². The van der Waals surface area contributed by atoms with Crippen LogP contribution in [0.2, 0.25) is 0 Å². The standard InChI is InChI=1S/C17H24N2O4/c1-12(20)19-9-7-13(8-10-19)17(21)18(2)14-5-6-15(22-3)16(11-14)23-4/h5-6,11,13H,7-10H2,1-4H3. The second-order valence-electron chi connectivity index (χ2n) is 5.72. The Balaban J connectivity index is 2.07. The van der Waals surface area contributed by atoms with Gasteiger partial charge < -0.3 is 19.3 Å². The molecular formula is C17H24N2O4. The van der Waals surface area contributed by atoms with E-state index in [1.165, 1.54) is 0 Å². The second kappa shape index (κ2) is 7.35. The van der Waals surface area contributed by atoms with Crippen molar-refractivity contribution in [1.29, 1.82) is 0 Å². The summed E-state index contributed by atoms with van der Waals surface area (Å²) in [7, 11) is 4.91. The Morgan fingerprint density at radius 3 is 2.26 bits per heavy atom. The smallest absolute Gasteiger partial charge is 0.229 e. The number of carbonyl (C=O) groups excluding carboxylic acids is 2. The first-order valence-corrected chi connectivity index (χ1v) is 7.73. The largest absolute Gasteiger partial charge is 0.493 e. The lowest BCUT2D eigenvalue weighted by atomic mass is 9.95. The Morgan fingerprint density at radius 2 is 1.74 bits per heavy atom. The first kappa shape index (κ1) is 17.1. The van der Waals surface area contributed by atoms with Crippen molar-refractivity contribution < 1.29 is 19.1 Å². The zero-order chi connectivity index (χ0) is 17.0. The first-order valence-electron chi connectivity index (χ1n) is 7.73. The van der Waals surface area contributed by atoms with Crippen molar-refractivity contribution in [2.24, 2.45) is 5.92 Å². The zero-order valence-electron chi connectivity index (χ0n) is 14.2. The fraction of sp³-hybridized carbons (Fsp3) is 0.529. The minimum absolute atomic E-state index is 0.0521. The summed E-state index contributed by atoms with van der Waals surface area (Å²) < 4.78 is 10.5. The highest BCUT2D eigenvalue weighted by atomic mass is 16.5. The lowest BCUT2D eigenvalue weighted by Crippen LogP contribution is -2.42. The maximum Gasteiger partial charge on any atom is 0.229 e. The number of carbonyl (C=O) groups is 2. The van der Waals surface area contributed by atoms with Gasteiger partial charge in [-0.1, -0.05) is 0 Å². The van der Waals surface area contributed by atoms with Gasteiger partial charge in [-0.05, 0) is 25.0 Å². The molecule has 0 aromatic heterocycles. The minimum atomic E-state index is -0.0521. The van der Waals surface area contributed by atoms with Crippen LogP contribution in [0.5, 0.6) is 11.5 Å². The van der Waals surface area contributed by atoms with Crippen molar-refractivity contribution in [1.82, 2.24) is 4.90 Å². The van der Waals surface area contributed by atoms with Crippen LogP contribution >= 0.6 is 0 Å². The minimum Gasteiger partial charge on any atom is -0.493 e. The molecule has 0 saturated carbocycles. The number of likely N-dealkylation sites (tertiary alicyclic amines) is 1. The SMILES string of the molecule is COc1ccc(N(C)C(=O)C2CCN(C(C)=O)CC2)cc1OC. The van der Waals surface area contributed by atoms with Gasteiger partial charge in [0.15, 0.2) is 11.5 Å². The number of benzene rings is 1. The molecule has 1 aliphatic rings. The number of hydrogen-bond acceptors (Lipinski definition) is 4. The van der Waals surface area contributed by atoms with Gasteiger partial charge >= 0.3 is 0 Å². The lowest BCUT2D eigenvalue weighted by Gasteiger charge is -2.32. The van der Waals surface area contributed by atoms with Crippen LogP contribution in [-0.2, 0) is 9.59 Å². The fourth-order valence-corrected chi connectivity index (χ4v) is 2.88. The summed E-state index contributed by atoms with van der Waals surface area (Å²) in [6.07, 6.45) is 1.41. The highest BCUT2D eigenvalue weighted by Gasteiger charge is 2.28. The Morgan fingerprint density at radius 1 is 1.13 bits per heavy atom. The Hall–Kier alpha value is -2.24. The molecule has 1 fully saturated rings. The van der Waals surface area contributed by atoms with Gasteiger partial charge in [0.1, 0.15) is 0 Å². The predicted molar refractivity (Wildman–Crippen MR) is 87.9 cm³/mol. The summed E-state index contributed by atoms with van der Waals surface area (Å²) in [5, 5.41) is 0.